The summed E-state index contributed by atoms with van der Waals surface area (Å²) < 4.78 is 104. The second-order valence-electron chi connectivity index (χ2n) is 9.58. The molecule has 5 rings (SSSR count). The van der Waals surface area contributed by atoms with Gasteiger partial charge in [0.15, 0.2) is 5.82 Å². The fourth-order valence-corrected chi connectivity index (χ4v) is 6.53. The molecule has 1 aromatic heterocycles. The molecule has 0 saturated heterocycles. The Labute approximate surface area is 193 Å². The van der Waals surface area contributed by atoms with Crippen LogP contribution in [0.5, 0.6) is 0 Å². The predicted molar refractivity (Wildman–Crippen MR) is 113 cm³/mol. The molecule has 0 unspecified atom stereocenters. The average Bonchev–Trinajstić information content (AvgIpc) is 2.98. The summed E-state index contributed by atoms with van der Waals surface area (Å²) in [4.78, 5) is 0. The Bertz CT molecular complexity index is 1130. The molecule has 1 heterocycles. The van der Waals surface area contributed by atoms with Gasteiger partial charge in [0.1, 0.15) is 5.82 Å². The number of aromatic nitrogens is 3. The van der Waals surface area contributed by atoms with Crippen molar-refractivity contribution >= 4 is 15.4 Å². The lowest BCUT2D eigenvalue weighted by Gasteiger charge is -2.53. The summed E-state index contributed by atoms with van der Waals surface area (Å²) in [7, 11) is -3.52. The fourth-order valence-electron chi connectivity index (χ4n) is 5.60. The molecule has 0 amide bonds. The van der Waals surface area contributed by atoms with Crippen molar-refractivity contribution in [3.8, 4) is 0 Å². The Morgan fingerprint density at radius 1 is 0.971 bits per heavy atom. The van der Waals surface area contributed by atoms with Crippen molar-refractivity contribution in [2.45, 2.75) is 68.5 Å². The Morgan fingerprint density at radius 2 is 1.59 bits per heavy atom. The molecule has 2 bridgehead atoms. The van der Waals surface area contributed by atoms with Crippen LogP contribution in [-0.2, 0) is 22.3 Å². The third kappa shape index (κ3) is 4.33. The van der Waals surface area contributed by atoms with Gasteiger partial charge in [0, 0.05) is 18.0 Å². The predicted octanol–water partition coefficient (Wildman–Crippen LogP) is 5.56. The zero-order valence-electron chi connectivity index (χ0n) is 18.5. The van der Waals surface area contributed by atoms with Gasteiger partial charge in [0.05, 0.1) is 11.3 Å². The van der Waals surface area contributed by atoms with Crippen LogP contribution in [0.25, 0.3) is 5.57 Å². The van der Waals surface area contributed by atoms with Crippen LogP contribution in [0.3, 0.4) is 0 Å². The van der Waals surface area contributed by atoms with Gasteiger partial charge in [-0.1, -0.05) is 18.2 Å². The summed E-state index contributed by atoms with van der Waals surface area (Å²) in [5, 5.41) is 8.41. The van der Waals surface area contributed by atoms with Crippen LogP contribution in [0, 0.1) is 5.41 Å². The number of halogens is 6. The zero-order valence-corrected chi connectivity index (χ0v) is 19.3. The molecule has 0 N–H and O–H groups in total. The van der Waals surface area contributed by atoms with Crippen molar-refractivity contribution < 1.29 is 34.8 Å². The molecule has 4 aliphatic carbocycles. The van der Waals surface area contributed by atoms with E-state index in [0.29, 0.717) is 44.3 Å². The van der Waals surface area contributed by atoms with Gasteiger partial charge in [-0.2, -0.15) is 26.3 Å². The molecule has 4 aliphatic rings. The van der Waals surface area contributed by atoms with Crippen molar-refractivity contribution in [3.05, 3.63) is 41.5 Å². The lowest BCUT2D eigenvalue weighted by molar-refractivity contribution is -0.0877. The molecule has 0 spiro atoms. The largest absolute Gasteiger partial charge is 0.497 e. The second-order valence-corrected chi connectivity index (χ2v) is 11.7. The van der Waals surface area contributed by atoms with Crippen LogP contribution < -0.4 is 0 Å². The van der Waals surface area contributed by atoms with Crippen LogP contribution >= 0.6 is 0 Å². The van der Waals surface area contributed by atoms with Gasteiger partial charge < -0.3 is 4.57 Å². The Morgan fingerprint density at radius 3 is 2.15 bits per heavy atom. The van der Waals surface area contributed by atoms with Gasteiger partial charge in [0.25, 0.3) is 0 Å². The van der Waals surface area contributed by atoms with E-state index in [2.05, 4.69) is 10.2 Å². The number of nitrogens with zero attached hydrogens (tertiary/aromatic N) is 3. The lowest BCUT2D eigenvalue weighted by atomic mass is 9.52. The third-order valence-electron chi connectivity index (χ3n) is 7.74. The van der Waals surface area contributed by atoms with Gasteiger partial charge in [0.2, 0.25) is 9.84 Å². The fraction of sp³-hybridized carbons (Fsp3) is 0.636. The number of hydrogen-bond acceptors (Lipinski definition) is 4. The molecular formula is C22H25F6N3O2S. The number of rotatable bonds is 5. The minimum absolute atomic E-state index is 0.0356. The lowest BCUT2D eigenvalue weighted by Crippen LogP contribution is -2.46. The van der Waals surface area contributed by atoms with Gasteiger partial charge in [-0.25, -0.2) is 8.42 Å². The summed E-state index contributed by atoms with van der Waals surface area (Å²) in [5.41, 5.74) is -6.88. The minimum atomic E-state index is -5.25. The first-order chi connectivity index (χ1) is 15.7. The molecule has 0 radical (unpaired) electrons. The highest BCUT2D eigenvalue weighted by Gasteiger charge is 2.53. The average molecular weight is 510 g/mol. The summed E-state index contributed by atoms with van der Waals surface area (Å²) in [6.07, 6.45) is 4.38. The van der Waals surface area contributed by atoms with E-state index in [1.807, 2.05) is 0 Å². The maximum atomic E-state index is 13.7. The van der Waals surface area contributed by atoms with E-state index in [4.69, 9.17) is 0 Å². The van der Waals surface area contributed by atoms with Crippen LogP contribution in [0.15, 0.2) is 29.9 Å². The SMILES string of the molecule is Cn1c(C2=C(C(F)(F)F)C=CC=CC2)nnc1C12CCC(CCS(=O)(=O)C(F)(F)F)(CC1)CC2. The number of alkyl halides is 6. The maximum Gasteiger partial charge on any atom is 0.497 e. The molecule has 3 saturated carbocycles. The van der Waals surface area contributed by atoms with Crippen LogP contribution in [0.4, 0.5) is 26.3 Å². The van der Waals surface area contributed by atoms with Crippen molar-refractivity contribution in [1.29, 1.82) is 0 Å². The first kappa shape index (κ1) is 25.0. The monoisotopic (exact) mass is 509 g/mol. The number of allylic oxidation sites excluding steroid dienone is 6. The molecule has 12 heteroatoms. The van der Waals surface area contributed by atoms with E-state index < -0.39 is 43.7 Å². The molecule has 0 aliphatic heterocycles. The highest BCUT2D eigenvalue weighted by Crippen LogP contribution is 2.59. The van der Waals surface area contributed by atoms with Crippen LogP contribution in [-0.4, -0.2) is 40.6 Å². The van der Waals surface area contributed by atoms with Crippen molar-refractivity contribution in [3.63, 3.8) is 0 Å². The molecule has 34 heavy (non-hydrogen) atoms. The highest BCUT2D eigenvalue weighted by atomic mass is 32.2. The van der Waals surface area contributed by atoms with E-state index in [9.17, 15) is 34.8 Å². The Hall–Kier alpha value is -2.11. The van der Waals surface area contributed by atoms with Crippen LogP contribution in [0.2, 0.25) is 0 Å². The molecular weight excluding hydrogens is 484 g/mol. The minimum Gasteiger partial charge on any atom is -0.314 e. The summed E-state index contributed by atoms with van der Waals surface area (Å²) in [5.74, 6) is -0.205. The van der Waals surface area contributed by atoms with E-state index in [-0.39, 0.29) is 24.2 Å². The number of hydrogen-bond donors (Lipinski definition) is 0. The maximum absolute atomic E-state index is 13.7. The summed E-state index contributed by atoms with van der Waals surface area (Å²) in [6.45, 7) is 0. The quantitative estimate of drug-likeness (QED) is 0.488. The molecule has 0 aromatic carbocycles. The molecule has 0 atom stereocenters. The van der Waals surface area contributed by atoms with Crippen molar-refractivity contribution in [1.82, 2.24) is 14.8 Å². The summed E-state index contributed by atoms with van der Waals surface area (Å²) >= 11 is 0. The normalized spacial score (nSPS) is 28.0. The smallest absolute Gasteiger partial charge is 0.314 e. The number of fused-ring (bicyclic) bond motifs is 3. The summed E-state index contributed by atoms with van der Waals surface area (Å²) in [6, 6.07) is 0. The second kappa shape index (κ2) is 8.23. The standard InChI is InChI=1S/C22H25F6N3O2S/c1-31-17(15-5-3-2-4-6-16(15)21(23,24)25)29-30-18(31)20-10-7-19(8-11-20,9-12-20)13-14-34(32,33)22(26,27)28/h2-4,6H,5,7-14H2,1H3. The van der Waals surface area contributed by atoms with Crippen LogP contribution in [0.1, 0.15) is 63.0 Å². The third-order valence-corrected chi connectivity index (χ3v) is 9.18. The Kier molecular flexibility index (Phi) is 6.05. The van der Waals surface area contributed by atoms with E-state index in [1.165, 1.54) is 6.08 Å². The zero-order chi connectivity index (χ0) is 25.0. The molecule has 3 fully saturated rings. The van der Waals surface area contributed by atoms with E-state index in [1.54, 1.807) is 23.8 Å². The van der Waals surface area contributed by atoms with Gasteiger partial charge in [-0.05, 0) is 62.9 Å². The van der Waals surface area contributed by atoms with E-state index in [0.717, 1.165) is 6.08 Å². The molecule has 188 valence electrons. The van der Waals surface area contributed by atoms with Gasteiger partial charge in [-0.3, -0.25) is 0 Å². The molecule has 1 aromatic rings. The topological polar surface area (TPSA) is 64.8 Å². The van der Waals surface area contributed by atoms with Gasteiger partial charge in [-0.15, -0.1) is 10.2 Å². The Balaban J connectivity index is 1.57. The van der Waals surface area contributed by atoms with Crippen molar-refractivity contribution in [2.75, 3.05) is 5.75 Å². The van der Waals surface area contributed by atoms with Gasteiger partial charge >= 0.3 is 11.7 Å². The molecule has 5 nitrogen and oxygen atoms in total. The first-order valence-electron chi connectivity index (χ1n) is 11.0. The first-order valence-corrected chi connectivity index (χ1v) is 12.7. The van der Waals surface area contributed by atoms with E-state index >= 15 is 0 Å². The highest BCUT2D eigenvalue weighted by molar-refractivity contribution is 7.92. The number of sulfone groups is 1. The van der Waals surface area contributed by atoms with Crippen molar-refractivity contribution in [2.24, 2.45) is 12.5 Å².